The zero-order valence-corrected chi connectivity index (χ0v) is 14.5. The molecule has 0 aromatic heterocycles. The van der Waals surface area contributed by atoms with E-state index in [9.17, 15) is 9.59 Å². The van der Waals surface area contributed by atoms with Gasteiger partial charge in [0.1, 0.15) is 12.2 Å². The molecule has 2 amide bonds. The van der Waals surface area contributed by atoms with Gasteiger partial charge in [-0.1, -0.05) is 0 Å². The molecule has 0 radical (unpaired) electrons. The highest BCUT2D eigenvalue weighted by Crippen LogP contribution is 2.31. The van der Waals surface area contributed by atoms with E-state index < -0.39 is 5.79 Å². The van der Waals surface area contributed by atoms with Crippen molar-refractivity contribution in [3.05, 3.63) is 24.3 Å². The van der Waals surface area contributed by atoms with Crippen LogP contribution in [0.5, 0.6) is 5.75 Å². The molecule has 1 N–H and O–H groups in total. The number of hydrogen-bond donors (Lipinski definition) is 1. The van der Waals surface area contributed by atoms with Gasteiger partial charge in [-0.05, 0) is 31.2 Å². The first kappa shape index (κ1) is 17.7. The molecule has 7 nitrogen and oxygen atoms in total. The van der Waals surface area contributed by atoms with Crippen molar-refractivity contribution in [1.29, 1.82) is 0 Å². The van der Waals surface area contributed by atoms with Crippen molar-refractivity contribution in [2.24, 2.45) is 0 Å². The standard InChI is InChI=1S/C18H24N2O5/c1-2-23-15-5-3-14(4-6-15)19-16(21)13-17(22)20-9-7-18(8-10-20)24-11-12-25-18/h3-6H,2,7-13H2,1H3,(H,19,21). The van der Waals surface area contributed by atoms with Crippen LogP contribution >= 0.6 is 0 Å². The average Bonchev–Trinajstić information content (AvgIpc) is 3.05. The summed E-state index contributed by atoms with van der Waals surface area (Å²) in [5.41, 5.74) is 0.645. The fourth-order valence-electron chi connectivity index (χ4n) is 3.14. The molecule has 0 atom stereocenters. The lowest BCUT2D eigenvalue weighted by Gasteiger charge is -2.37. The molecule has 0 bridgehead atoms. The third-order valence-electron chi connectivity index (χ3n) is 4.45. The van der Waals surface area contributed by atoms with Crippen LogP contribution in [0.3, 0.4) is 0 Å². The third-order valence-corrected chi connectivity index (χ3v) is 4.45. The van der Waals surface area contributed by atoms with Gasteiger partial charge in [-0.2, -0.15) is 0 Å². The molecule has 3 rings (SSSR count). The quantitative estimate of drug-likeness (QED) is 0.821. The number of rotatable bonds is 5. The predicted octanol–water partition coefficient (Wildman–Crippen LogP) is 1.78. The number of benzene rings is 1. The van der Waals surface area contributed by atoms with Crippen molar-refractivity contribution in [2.75, 3.05) is 38.2 Å². The van der Waals surface area contributed by atoms with Gasteiger partial charge in [-0.25, -0.2) is 0 Å². The Hall–Kier alpha value is -2.12. The highest BCUT2D eigenvalue weighted by molar-refractivity contribution is 6.03. The third kappa shape index (κ3) is 4.49. The van der Waals surface area contributed by atoms with Crippen molar-refractivity contribution in [3.8, 4) is 5.75 Å². The van der Waals surface area contributed by atoms with E-state index >= 15 is 0 Å². The first-order valence-corrected chi connectivity index (χ1v) is 8.69. The maximum atomic E-state index is 12.3. The largest absolute Gasteiger partial charge is 0.494 e. The molecule has 1 spiro atoms. The maximum absolute atomic E-state index is 12.3. The Labute approximate surface area is 147 Å². The minimum Gasteiger partial charge on any atom is -0.494 e. The predicted molar refractivity (Wildman–Crippen MR) is 91.3 cm³/mol. The smallest absolute Gasteiger partial charge is 0.233 e. The minimum absolute atomic E-state index is 0.165. The summed E-state index contributed by atoms with van der Waals surface area (Å²) in [6, 6.07) is 7.08. The number of hydrogen-bond acceptors (Lipinski definition) is 5. The van der Waals surface area contributed by atoms with Crippen LogP contribution < -0.4 is 10.1 Å². The number of nitrogens with one attached hydrogen (secondary N) is 1. The van der Waals surface area contributed by atoms with E-state index in [0.717, 1.165) is 5.75 Å². The van der Waals surface area contributed by atoms with E-state index in [1.807, 2.05) is 6.92 Å². The average molecular weight is 348 g/mol. The number of carbonyl (C=O) groups is 2. The minimum atomic E-state index is -0.513. The summed E-state index contributed by atoms with van der Waals surface area (Å²) in [5, 5.41) is 2.74. The topological polar surface area (TPSA) is 77.1 Å². The molecule has 2 aliphatic heterocycles. The van der Waals surface area contributed by atoms with Crippen molar-refractivity contribution in [3.63, 3.8) is 0 Å². The summed E-state index contributed by atoms with van der Waals surface area (Å²) in [6.45, 7) is 4.82. The molecule has 2 fully saturated rings. The van der Waals surface area contributed by atoms with Gasteiger partial charge in [0, 0.05) is 31.6 Å². The van der Waals surface area contributed by atoms with Crippen LogP contribution in [0.4, 0.5) is 5.69 Å². The number of anilines is 1. The Morgan fingerprint density at radius 1 is 1.16 bits per heavy atom. The van der Waals surface area contributed by atoms with Crippen LogP contribution in [0.15, 0.2) is 24.3 Å². The fourth-order valence-corrected chi connectivity index (χ4v) is 3.14. The summed E-state index contributed by atoms with van der Waals surface area (Å²) in [7, 11) is 0. The summed E-state index contributed by atoms with van der Waals surface area (Å²) in [6.07, 6.45) is 1.14. The molecule has 2 saturated heterocycles. The molecule has 25 heavy (non-hydrogen) atoms. The van der Waals surface area contributed by atoms with E-state index in [1.165, 1.54) is 0 Å². The zero-order valence-electron chi connectivity index (χ0n) is 14.5. The first-order chi connectivity index (χ1) is 12.1. The van der Waals surface area contributed by atoms with Crippen molar-refractivity contribution < 1.29 is 23.8 Å². The first-order valence-electron chi connectivity index (χ1n) is 8.69. The molecule has 0 aliphatic carbocycles. The fraction of sp³-hybridized carbons (Fsp3) is 0.556. The van der Waals surface area contributed by atoms with Crippen LogP contribution in [-0.2, 0) is 19.1 Å². The highest BCUT2D eigenvalue weighted by Gasteiger charge is 2.40. The Morgan fingerprint density at radius 3 is 2.40 bits per heavy atom. The van der Waals surface area contributed by atoms with Crippen LogP contribution in [-0.4, -0.2) is 55.4 Å². The zero-order chi connectivity index (χ0) is 17.7. The van der Waals surface area contributed by atoms with E-state index in [2.05, 4.69) is 5.32 Å². The van der Waals surface area contributed by atoms with Gasteiger partial charge in [0.2, 0.25) is 11.8 Å². The number of likely N-dealkylation sites (tertiary alicyclic amines) is 1. The number of nitrogens with zero attached hydrogens (tertiary/aromatic N) is 1. The lowest BCUT2D eigenvalue weighted by Crippen LogP contribution is -2.47. The van der Waals surface area contributed by atoms with E-state index in [-0.39, 0.29) is 18.2 Å². The molecule has 2 heterocycles. The summed E-state index contributed by atoms with van der Waals surface area (Å²) < 4.78 is 16.6. The lowest BCUT2D eigenvalue weighted by atomic mass is 10.0. The summed E-state index contributed by atoms with van der Waals surface area (Å²) >= 11 is 0. The van der Waals surface area contributed by atoms with E-state index in [4.69, 9.17) is 14.2 Å². The van der Waals surface area contributed by atoms with Crippen molar-refractivity contribution in [1.82, 2.24) is 4.90 Å². The molecule has 0 saturated carbocycles. The molecule has 0 unspecified atom stereocenters. The van der Waals surface area contributed by atoms with Gasteiger partial charge < -0.3 is 24.4 Å². The Bertz CT molecular complexity index is 600. The van der Waals surface area contributed by atoms with Gasteiger partial charge in [0.25, 0.3) is 0 Å². The molecule has 136 valence electrons. The maximum Gasteiger partial charge on any atom is 0.233 e. The second-order valence-corrected chi connectivity index (χ2v) is 6.17. The number of carbonyl (C=O) groups excluding carboxylic acids is 2. The van der Waals surface area contributed by atoms with Gasteiger partial charge in [0.05, 0.1) is 19.8 Å². The number of ether oxygens (including phenoxy) is 3. The Kier molecular flexibility index (Phi) is 5.55. The molecule has 1 aromatic rings. The van der Waals surface area contributed by atoms with E-state index in [0.29, 0.717) is 51.4 Å². The monoisotopic (exact) mass is 348 g/mol. The summed E-state index contributed by atoms with van der Waals surface area (Å²) in [4.78, 5) is 26.1. The van der Waals surface area contributed by atoms with Crippen molar-refractivity contribution in [2.45, 2.75) is 32.0 Å². The highest BCUT2D eigenvalue weighted by atomic mass is 16.7. The van der Waals surface area contributed by atoms with Crippen LogP contribution in [0.25, 0.3) is 0 Å². The molecular formula is C18H24N2O5. The molecular weight excluding hydrogens is 324 g/mol. The molecule has 1 aromatic carbocycles. The SMILES string of the molecule is CCOc1ccc(NC(=O)CC(=O)N2CCC3(CC2)OCCO3)cc1. The lowest BCUT2D eigenvalue weighted by molar-refractivity contribution is -0.187. The van der Waals surface area contributed by atoms with Gasteiger partial charge in [0.15, 0.2) is 5.79 Å². The number of amides is 2. The normalized spacial score (nSPS) is 19.0. The van der Waals surface area contributed by atoms with Crippen LogP contribution in [0, 0.1) is 0 Å². The van der Waals surface area contributed by atoms with Gasteiger partial charge in [-0.15, -0.1) is 0 Å². The van der Waals surface area contributed by atoms with Crippen LogP contribution in [0.1, 0.15) is 26.2 Å². The Balaban J connectivity index is 1.45. The second kappa shape index (κ2) is 7.84. The van der Waals surface area contributed by atoms with E-state index in [1.54, 1.807) is 29.2 Å². The second-order valence-electron chi connectivity index (χ2n) is 6.17. The summed E-state index contributed by atoms with van der Waals surface area (Å²) in [5.74, 6) is -0.254. The van der Waals surface area contributed by atoms with Gasteiger partial charge in [-0.3, -0.25) is 9.59 Å². The van der Waals surface area contributed by atoms with Gasteiger partial charge >= 0.3 is 0 Å². The number of piperidine rings is 1. The van der Waals surface area contributed by atoms with Crippen LogP contribution in [0.2, 0.25) is 0 Å². The van der Waals surface area contributed by atoms with Crippen molar-refractivity contribution >= 4 is 17.5 Å². The Morgan fingerprint density at radius 2 is 1.80 bits per heavy atom. The molecule has 7 heteroatoms. The molecule has 2 aliphatic rings.